The van der Waals surface area contributed by atoms with Gasteiger partial charge in [0.25, 0.3) is 0 Å². The summed E-state index contributed by atoms with van der Waals surface area (Å²) in [4.78, 5) is 11.4. The van der Waals surface area contributed by atoms with Crippen LogP contribution in [0, 0.1) is 5.92 Å². The summed E-state index contributed by atoms with van der Waals surface area (Å²) < 4.78 is 0. The molecule has 0 aromatic rings. The molecule has 2 atom stereocenters. The molecule has 0 spiro atoms. The molecule has 4 nitrogen and oxygen atoms in total. The SMILES string of the molecule is CC(CN)C(=O)NC(C)(C)C(C)O. The van der Waals surface area contributed by atoms with Crippen LogP contribution in [0.5, 0.6) is 0 Å². The molecule has 0 bridgehead atoms. The summed E-state index contributed by atoms with van der Waals surface area (Å²) in [6.45, 7) is 7.28. The van der Waals surface area contributed by atoms with Crippen molar-refractivity contribution in [1.82, 2.24) is 5.32 Å². The number of nitrogens with two attached hydrogens (primary N) is 1. The molecule has 0 aliphatic rings. The van der Waals surface area contributed by atoms with E-state index in [1.165, 1.54) is 0 Å². The lowest BCUT2D eigenvalue weighted by Crippen LogP contribution is -2.53. The molecule has 1 amide bonds. The monoisotopic (exact) mass is 188 g/mol. The van der Waals surface area contributed by atoms with Gasteiger partial charge in [-0.1, -0.05) is 6.92 Å². The quantitative estimate of drug-likeness (QED) is 0.574. The first kappa shape index (κ1) is 12.4. The molecule has 0 saturated carbocycles. The predicted molar refractivity (Wildman–Crippen MR) is 52.1 cm³/mol. The predicted octanol–water partition coefficient (Wildman–Crippen LogP) is -0.143. The fourth-order valence-corrected chi connectivity index (χ4v) is 0.652. The zero-order chi connectivity index (χ0) is 10.6. The number of aliphatic hydroxyl groups is 1. The van der Waals surface area contributed by atoms with E-state index < -0.39 is 11.6 Å². The molecule has 4 N–H and O–H groups in total. The average Bonchev–Trinajstić information content (AvgIpc) is 2.01. The van der Waals surface area contributed by atoms with Crippen molar-refractivity contribution < 1.29 is 9.90 Å². The van der Waals surface area contributed by atoms with E-state index in [0.717, 1.165) is 0 Å². The summed E-state index contributed by atoms with van der Waals surface area (Å²) in [5.74, 6) is -0.327. The first-order valence-corrected chi connectivity index (χ1v) is 4.51. The Morgan fingerprint density at radius 3 is 2.31 bits per heavy atom. The van der Waals surface area contributed by atoms with Gasteiger partial charge in [0.2, 0.25) is 5.91 Å². The van der Waals surface area contributed by atoms with Crippen LogP contribution in [0.3, 0.4) is 0 Å². The van der Waals surface area contributed by atoms with Crippen LogP contribution in [0.25, 0.3) is 0 Å². The van der Waals surface area contributed by atoms with E-state index in [2.05, 4.69) is 5.32 Å². The Hall–Kier alpha value is -0.610. The van der Waals surface area contributed by atoms with E-state index >= 15 is 0 Å². The molecule has 0 aliphatic carbocycles. The van der Waals surface area contributed by atoms with E-state index in [9.17, 15) is 9.90 Å². The van der Waals surface area contributed by atoms with Crippen LogP contribution >= 0.6 is 0 Å². The van der Waals surface area contributed by atoms with Crippen molar-refractivity contribution in [3.05, 3.63) is 0 Å². The molecule has 0 aromatic heterocycles. The van der Waals surface area contributed by atoms with Gasteiger partial charge in [-0.25, -0.2) is 0 Å². The molecule has 0 heterocycles. The Morgan fingerprint density at radius 2 is 2.00 bits per heavy atom. The summed E-state index contributed by atoms with van der Waals surface area (Å²) in [5, 5.41) is 12.1. The lowest BCUT2D eigenvalue weighted by molar-refractivity contribution is -0.127. The Kier molecular flexibility index (Phi) is 4.36. The number of hydrogen-bond donors (Lipinski definition) is 3. The van der Waals surface area contributed by atoms with Crippen molar-refractivity contribution in [3.63, 3.8) is 0 Å². The first-order chi connectivity index (χ1) is 5.81. The molecular weight excluding hydrogens is 168 g/mol. The maximum atomic E-state index is 11.4. The minimum Gasteiger partial charge on any atom is -0.391 e. The summed E-state index contributed by atoms with van der Waals surface area (Å²) >= 11 is 0. The van der Waals surface area contributed by atoms with Crippen LogP contribution in [-0.4, -0.2) is 29.2 Å². The Labute approximate surface area is 79.5 Å². The summed E-state index contributed by atoms with van der Waals surface area (Å²) in [5.41, 5.74) is 4.75. The van der Waals surface area contributed by atoms with Gasteiger partial charge in [0.05, 0.1) is 11.6 Å². The molecule has 4 heteroatoms. The largest absolute Gasteiger partial charge is 0.391 e. The lowest BCUT2D eigenvalue weighted by atomic mass is 9.97. The molecule has 0 saturated heterocycles. The number of nitrogens with one attached hydrogen (secondary N) is 1. The molecule has 13 heavy (non-hydrogen) atoms. The molecule has 2 unspecified atom stereocenters. The summed E-state index contributed by atoms with van der Waals surface area (Å²) in [6.07, 6.45) is -0.582. The number of carbonyl (C=O) groups excluding carboxylic acids is 1. The second-order valence-corrected chi connectivity index (χ2v) is 4.02. The third-order valence-corrected chi connectivity index (χ3v) is 2.29. The van der Waals surface area contributed by atoms with Gasteiger partial charge in [-0.3, -0.25) is 4.79 Å². The normalized spacial score (nSPS) is 16.5. The van der Waals surface area contributed by atoms with Crippen molar-refractivity contribution in [2.75, 3.05) is 6.54 Å². The standard InChI is InChI=1S/C9H20N2O2/c1-6(5-10)8(13)11-9(3,4)7(2)12/h6-7,12H,5,10H2,1-4H3,(H,11,13). The van der Waals surface area contributed by atoms with Crippen LogP contribution < -0.4 is 11.1 Å². The smallest absolute Gasteiger partial charge is 0.224 e. The van der Waals surface area contributed by atoms with Crippen LogP contribution in [0.2, 0.25) is 0 Å². The Balaban J connectivity index is 4.19. The highest BCUT2D eigenvalue weighted by molar-refractivity contribution is 5.79. The fraction of sp³-hybridized carbons (Fsp3) is 0.889. The van der Waals surface area contributed by atoms with Gasteiger partial charge in [-0.15, -0.1) is 0 Å². The molecule has 0 aromatic carbocycles. The van der Waals surface area contributed by atoms with Gasteiger partial charge < -0.3 is 16.2 Å². The average molecular weight is 188 g/mol. The van der Waals surface area contributed by atoms with Crippen LogP contribution in [0.4, 0.5) is 0 Å². The van der Waals surface area contributed by atoms with Crippen molar-refractivity contribution in [2.45, 2.75) is 39.3 Å². The zero-order valence-corrected chi connectivity index (χ0v) is 8.79. The minimum absolute atomic E-state index is 0.117. The summed E-state index contributed by atoms with van der Waals surface area (Å²) in [7, 11) is 0. The third-order valence-electron chi connectivity index (χ3n) is 2.29. The van der Waals surface area contributed by atoms with Crippen molar-refractivity contribution in [2.24, 2.45) is 11.7 Å². The fourth-order valence-electron chi connectivity index (χ4n) is 0.652. The molecular formula is C9H20N2O2. The molecule has 0 fully saturated rings. The topological polar surface area (TPSA) is 75.4 Å². The van der Waals surface area contributed by atoms with Gasteiger partial charge in [0.15, 0.2) is 0 Å². The van der Waals surface area contributed by atoms with E-state index in [4.69, 9.17) is 5.73 Å². The highest BCUT2D eigenvalue weighted by Gasteiger charge is 2.27. The van der Waals surface area contributed by atoms with E-state index in [1.807, 2.05) is 0 Å². The number of aliphatic hydroxyl groups excluding tert-OH is 1. The minimum atomic E-state index is -0.597. The van der Waals surface area contributed by atoms with Crippen molar-refractivity contribution in [1.29, 1.82) is 0 Å². The number of rotatable bonds is 4. The second-order valence-electron chi connectivity index (χ2n) is 4.02. The Morgan fingerprint density at radius 1 is 1.54 bits per heavy atom. The first-order valence-electron chi connectivity index (χ1n) is 4.51. The second kappa shape index (κ2) is 4.58. The highest BCUT2D eigenvalue weighted by Crippen LogP contribution is 2.09. The van der Waals surface area contributed by atoms with Crippen molar-refractivity contribution in [3.8, 4) is 0 Å². The van der Waals surface area contributed by atoms with Gasteiger partial charge in [0.1, 0.15) is 0 Å². The van der Waals surface area contributed by atoms with Crippen LogP contribution in [-0.2, 0) is 4.79 Å². The van der Waals surface area contributed by atoms with Gasteiger partial charge in [0, 0.05) is 12.5 Å². The van der Waals surface area contributed by atoms with Crippen LogP contribution in [0.1, 0.15) is 27.7 Å². The van der Waals surface area contributed by atoms with Gasteiger partial charge >= 0.3 is 0 Å². The van der Waals surface area contributed by atoms with Gasteiger partial charge in [-0.2, -0.15) is 0 Å². The molecule has 0 aliphatic heterocycles. The molecule has 0 radical (unpaired) electrons. The maximum Gasteiger partial charge on any atom is 0.224 e. The molecule has 0 rings (SSSR count). The number of carbonyl (C=O) groups is 1. The molecule has 78 valence electrons. The zero-order valence-electron chi connectivity index (χ0n) is 8.79. The van der Waals surface area contributed by atoms with Gasteiger partial charge in [-0.05, 0) is 20.8 Å². The van der Waals surface area contributed by atoms with Crippen LogP contribution in [0.15, 0.2) is 0 Å². The highest BCUT2D eigenvalue weighted by atomic mass is 16.3. The Bertz CT molecular complexity index is 178. The summed E-state index contributed by atoms with van der Waals surface area (Å²) in [6, 6.07) is 0. The number of hydrogen-bond acceptors (Lipinski definition) is 3. The third kappa shape index (κ3) is 3.74. The van der Waals surface area contributed by atoms with E-state index in [0.29, 0.717) is 6.54 Å². The maximum absolute atomic E-state index is 11.4. The number of amides is 1. The lowest BCUT2D eigenvalue weighted by Gasteiger charge is -2.30. The van der Waals surface area contributed by atoms with Crippen molar-refractivity contribution >= 4 is 5.91 Å². The van der Waals surface area contributed by atoms with E-state index in [1.54, 1.807) is 27.7 Å². The van der Waals surface area contributed by atoms with E-state index in [-0.39, 0.29) is 11.8 Å².